The van der Waals surface area contributed by atoms with Gasteiger partial charge in [0.1, 0.15) is 6.04 Å². The quantitative estimate of drug-likeness (QED) is 0.452. The second-order valence-corrected chi connectivity index (χ2v) is 5.86. The fourth-order valence-electron chi connectivity index (χ4n) is 1.87. The minimum atomic E-state index is -0.255. The molecule has 5 nitrogen and oxygen atoms in total. The van der Waals surface area contributed by atoms with Crippen molar-refractivity contribution in [1.82, 2.24) is 15.3 Å². The molecule has 118 valence electrons. The lowest BCUT2D eigenvalue weighted by Crippen LogP contribution is -2.38. The van der Waals surface area contributed by atoms with Crippen molar-refractivity contribution < 1.29 is 9.53 Å². The molecule has 1 rings (SSSR count). The molecule has 0 aliphatic heterocycles. The van der Waals surface area contributed by atoms with Crippen LogP contribution in [0, 0.1) is 20.8 Å². The van der Waals surface area contributed by atoms with Gasteiger partial charge in [0.25, 0.3) is 0 Å². The topological polar surface area (TPSA) is 64.1 Å². The second-order valence-electron chi connectivity index (χ2n) is 4.80. The molecule has 21 heavy (non-hydrogen) atoms. The van der Waals surface area contributed by atoms with E-state index in [1.165, 1.54) is 0 Å². The van der Waals surface area contributed by atoms with Crippen LogP contribution in [0.5, 0.6) is 0 Å². The SMILES string of the molecule is CCNC(CCSc1nc(C)c(C)c(C)n1)C(=O)OCC. The number of aromatic nitrogens is 2. The van der Waals surface area contributed by atoms with Gasteiger partial charge in [0, 0.05) is 17.1 Å². The molecule has 1 aromatic heterocycles. The zero-order valence-corrected chi connectivity index (χ0v) is 14.3. The Bertz CT molecular complexity index is 457. The van der Waals surface area contributed by atoms with Crippen LogP contribution < -0.4 is 5.32 Å². The highest BCUT2D eigenvalue weighted by Gasteiger charge is 2.18. The molecule has 0 radical (unpaired) electrons. The number of likely N-dealkylation sites (N-methyl/N-ethyl adjacent to an activating group) is 1. The third-order valence-corrected chi connectivity index (χ3v) is 4.15. The van der Waals surface area contributed by atoms with Crippen molar-refractivity contribution >= 4 is 17.7 Å². The highest BCUT2D eigenvalue weighted by atomic mass is 32.2. The smallest absolute Gasteiger partial charge is 0.323 e. The van der Waals surface area contributed by atoms with Crippen LogP contribution in [-0.2, 0) is 9.53 Å². The van der Waals surface area contributed by atoms with E-state index in [-0.39, 0.29) is 12.0 Å². The van der Waals surface area contributed by atoms with Crippen LogP contribution in [0.3, 0.4) is 0 Å². The van der Waals surface area contributed by atoms with E-state index >= 15 is 0 Å². The molecule has 0 aliphatic carbocycles. The number of aryl methyl sites for hydroxylation is 2. The number of hydrogen-bond donors (Lipinski definition) is 1. The number of nitrogens with one attached hydrogen (secondary N) is 1. The molecule has 0 spiro atoms. The van der Waals surface area contributed by atoms with Gasteiger partial charge in [-0.25, -0.2) is 9.97 Å². The maximum absolute atomic E-state index is 11.8. The highest BCUT2D eigenvalue weighted by Crippen LogP contribution is 2.18. The Balaban J connectivity index is 2.56. The minimum Gasteiger partial charge on any atom is -0.465 e. The van der Waals surface area contributed by atoms with E-state index in [4.69, 9.17) is 4.74 Å². The van der Waals surface area contributed by atoms with Gasteiger partial charge < -0.3 is 10.1 Å². The fraction of sp³-hybridized carbons (Fsp3) is 0.667. The summed E-state index contributed by atoms with van der Waals surface area (Å²) < 4.78 is 5.07. The Labute approximate surface area is 131 Å². The van der Waals surface area contributed by atoms with Crippen molar-refractivity contribution in [1.29, 1.82) is 0 Å². The Kier molecular flexibility index (Phi) is 7.67. The zero-order valence-electron chi connectivity index (χ0n) is 13.5. The Hall–Kier alpha value is -1.14. The maximum atomic E-state index is 11.8. The van der Waals surface area contributed by atoms with Gasteiger partial charge in [-0.2, -0.15) is 0 Å². The Morgan fingerprint density at radius 3 is 2.38 bits per heavy atom. The van der Waals surface area contributed by atoms with Gasteiger partial charge in [0.05, 0.1) is 6.61 Å². The molecule has 1 N–H and O–H groups in total. The normalized spacial score (nSPS) is 12.2. The number of nitrogens with zero attached hydrogens (tertiary/aromatic N) is 2. The van der Waals surface area contributed by atoms with Crippen LogP contribution in [-0.4, -0.2) is 40.9 Å². The minimum absolute atomic E-state index is 0.183. The van der Waals surface area contributed by atoms with Crippen LogP contribution in [0.4, 0.5) is 0 Å². The van der Waals surface area contributed by atoms with E-state index < -0.39 is 0 Å². The number of hydrogen-bond acceptors (Lipinski definition) is 6. The van der Waals surface area contributed by atoms with Gasteiger partial charge in [-0.1, -0.05) is 18.7 Å². The van der Waals surface area contributed by atoms with E-state index in [1.807, 2.05) is 34.6 Å². The lowest BCUT2D eigenvalue weighted by atomic mass is 10.2. The first-order valence-electron chi connectivity index (χ1n) is 7.34. The molecule has 0 amide bonds. The van der Waals surface area contributed by atoms with Crippen molar-refractivity contribution in [3.63, 3.8) is 0 Å². The van der Waals surface area contributed by atoms with Crippen LogP contribution in [0.15, 0.2) is 5.16 Å². The highest BCUT2D eigenvalue weighted by molar-refractivity contribution is 7.99. The number of thioether (sulfide) groups is 1. The summed E-state index contributed by atoms with van der Waals surface area (Å²) in [5, 5.41) is 3.93. The summed E-state index contributed by atoms with van der Waals surface area (Å²) in [4.78, 5) is 20.7. The fourth-order valence-corrected chi connectivity index (χ4v) is 2.81. The van der Waals surface area contributed by atoms with E-state index in [9.17, 15) is 4.79 Å². The van der Waals surface area contributed by atoms with E-state index in [2.05, 4.69) is 15.3 Å². The number of carbonyl (C=O) groups excluding carboxylic acids is 1. The summed E-state index contributed by atoms with van der Waals surface area (Å²) in [7, 11) is 0. The average molecular weight is 311 g/mol. The molecule has 0 bridgehead atoms. The number of esters is 1. The first-order chi connectivity index (χ1) is 9.99. The Morgan fingerprint density at radius 1 is 1.24 bits per heavy atom. The molecule has 1 unspecified atom stereocenters. The van der Waals surface area contributed by atoms with Gasteiger partial charge in [-0.3, -0.25) is 4.79 Å². The summed E-state index contributed by atoms with van der Waals surface area (Å²) in [6.07, 6.45) is 0.701. The van der Waals surface area contributed by atoms with Gasteiger partial charge in [0.15, 0.2) is 5.16 Å². The monoisotopic (exact) mass is 311 g/mol. The van der Waals surface area contributed by atoms with Crippen molar-refractivity contribution in [2.45, 2.75) is 52.2 Å². The van der Waals surface area contributed by atoms with Gasteiger partial charge >= 0.3 is 5.97 Å². The first kappa shape index (κ1) is 17.9. The summed E-state index contributed by atoms with van der Waals surface area (Å²) >= 11 is 1.58. The van der Waals surface area contributed by atoms with E-state index in [0.29, 0.717) is 13.0 Å². The van der Waals surface area contributed by atoms with E-state index in [0.717, 1.165) is 34.4 Å². The number of ether oxygens (including phenoxy) is 1. The molecule has 1 atom stereocenters. The summed E-state index contributed by atoms with van der Waals surface area (Å²) in [5.74, 6) is 0.593. The van der Waals surface area contributed by atoms with E-state index in [1.54, 1.807) is 11.8 Å². The maximum Gasteiger partial charge on any atom is 0.323 e. The van der Waals surface area contributed by atoms with Crippen LogP contribution >= 0.6 is 11.8 Å². The molecule has 0 aliphatic rings. The predicted molar refractivity (Wildman–Crippen MR) is 85.7 cm³/mol. The van der Waals surface area contributed by atoms with Crippen molar-refractivity contribution in [2.75, 3.05) is 18.9 Å². The van der Waals surface area contributed by atoms with Gasteiger partial charge in [-0.05, 0) is 46.2 Å². The van der Waals surface area contributed by atoms with Crippen LogP contribution in [0.25, 0.3) is 0 Å². The molecule has 0 saturated carbocycles. The molecule has 0 saturated heterocycles. The molecular weight excluding hydrogens is 286 g/mol. The number of rotatable bonds is 8. The molecule has 0 fully saturated rings. The first-order valence-corrected chi connectivity index (χ1v) is 8.32. The zero-order chi connectivity index (χ0) is 15.8. The summed E-state index contributed by atoms with van der Waals surface area (Å²) in [6, 6.07) is -0.255. The molecule has 1 heterocycles. The molecule has 1 aromatic rings. The van der Waals surface area contributed by atoms with Crippen molar-refractivity contribution in [3.05, 3.63) is 17.0 Å². The van der Waals surface area contributed by atoms with Gasteiger partial charge in [0.2, 0.25) is 0 Å². The van der Waals surface area contributed by atoms with Crippen molar-refractivity contribution in [3.8, 4) is 0 Å². The third kappa shape index (κ3) is 5.63. The second kappa shape index (κ2) is 9.00. The third-order valence-electron chi connectivity index (χ3n) is 3.27. The van der Waals surface area contributed by atoms with Crippen LogP contribution in [0.2, 0.25) is 0 Å². The molecule has 6 heteroatoms. The van der Waals surface area contributed by atoms with Crippen LogP contribution in [0.1, 0.15) is 37.2 Å². The molecule has 0 aromatic carbocycles. The lowest BCUT2D eigenvalue weighted by Gasteiger charge is -2.15. The predicted octanol–water partition coefficient (Wildman–Crippen LogP) is 2.43. The standard InChI is InChI=1S/C15H25N3O2S/c1-6-16-13(14(19)20-7-2)8-9-21-15-17-11(4)10(3)12(5)18-15/h13,16H,6-9H2,1-5H3. The molecular formula is C15H25N3O2S. The summed E-state index contributed by atoms with van der Waals surface area (Å²) in [5.41, 5.74) is 3.16. The average Bonchev–Trinajstić information content (AvgIpc) is 2.44. The summed E-state index contributed by atoms with van der Waals surface area (Å²) in [6.45, 7) is 11.0. The largest absolute Gasteiger partial charge is 0.465 e. The Morgan fingerprint density at radius 2 is 1.86 bits per heavy atom. The van der Waals surface area contributed by atoms with Crippen molar-refractivity contribution in [2.24, 2.45) is 0 Å². The van der Waals surface area contributed by atoms with Gasteiger partial charge in [-0.15, -0.1) is 0 Å². The number of carbonyl (C=O) groups is 1. The lowest BCUT2D eigenvalue weighted by molar-refractivity contribution is -0.145.